The van der Waals surface area contributed by atoms with Crippen molar-refractivity contribution in [2.24, 2.45) is 0 Å². The first-order valence-electron chi connectivity index (χ1n) is 6.39. The predicted octanol–water partition coefficient (Wildman–Crippen LogP) is 2.39. The van der Waals surface area contributed by atoms with Crippen molar-refractivity contribution in [1.29, 1.82) is 0 Å². The van der Waals surface area contributed by atoms with Gasteiger partial charge in [-0.1, -0.05) is 35.3 Å². The molecule has 0 aromatic heterocycles. The van der Waals surface area contributed by atoms with Crippen molar-refractivity contribution in [3.05, 3.63) is 28.2 Å². The van der Waals surface area contributed by atoms with E-state index in [1.807, 2.05) is 32.0 Å². The quantitative estimate of drug-likeness (QED) is 0.928. The molecule has 1 aromatic carbocycles. The number of hydrogen-bond acceptors (Lipinski definition) is 2. The summed E-state index contributed by atoms with van der Waals surface area (Å²) in [5.41, 5.74) is 1.86. The fourth-order valence-electron chi connectivity index (χ4n) is 2.16. The highest BCUT2D eigenvalue weighted by Crippen LogP contribution is 2.25. The molecule has 19 heavy (non-hydrogen) atoms. The Morgan fingerprint density at radius 2 is 2.16 bits per heavy atom. The number of carbonyl (C=O) groups excluding carboxylic acids is 2. The van der Waals surface area contributed by atoms with Crippen LogP contribution < -0.4 is 10.2 Å². The second-order valence-electron chi connectivity index (χ2n) is 4.77. The van der Waals surface area contributed by atoms with E-state index in [1.165, 1.54) is 0 Å². The van der Waals surface area contributed by atoms with Crippen LogP contribution in [-0.2, 0) is 9.59 Å². The first kappa shape index (κ1) is 14.1. The molecule has 1 heterocycles. The number of amides is 2. The number of piperazine rings is 1. The Hall–Kier alpha value is -1.36. The highest BCUT2D eigenvalue weighted by molar-refractivity contribution is 9.10. The molecule has 1 fully saturated rings. The molecule has 1 aromatic rings. The molecule has 1 unspecified atom stereocenters. The maximum absolute atomic E-state index is 12.4. The van der Waals surface area contributed by atoms with Crippen LogP contribution in [0.5, 0.6) is 0 Å². The van der Waals surface area contributed by atoms with Gasteiger partial charge in [0.2, 0.25) is 11.8 Å². The number of nitrogens with zero attached hydrogens (tertiary/aromatic N) is 1. The molecule has 0 saturated carbocycles. The van der Waals surface area contributed by atoms with Crippen LogP contribution in [0.1, 0.15) is 25.3 Å². The average molecular weight is 325 g/mol. The molecule has 0 radical (unpaired) electrons. The van der Waals surface area contributed by atoms with Gasteiger partial charge >= 0.3 is 0 Å². The van der Waals surface area contributed by atoms with Crippen LogP contribution in [0.25, 0.3) is 0 Å². The van der Waals surface area contributed by atoms with E-state index in [9.17, 15) is 9.59 Å². The van der Waals surface area contributed by atoms with Gasteiger partial charge in [0.25, 0.3) is 0 Å². The van der Waals surface area contributed by atoms with Crippen LogP contribution in [0.15, 0.2) is 22.7 Å². The Balaban J connectivity index is 2.28. The highest BCUT2D eigenvalue weighted by Gasteiger charge is 2.32. The number of aryl methyl sites for hydroxylation is 1. The van der Waals surface area contributed by atoms with Gasteiger partial charge in [0.05, 0.1) is 0 Å². The van der Waals surface area contributed by atoms with E-state index in [4.69, 9.17) is 0 Å². The van der Waals surface area contributed by atoms with E-state index in [0.717, 1.165) is 22.1 Å². The van der Waals surface area contributed by atoms with Gasteiger partial charge in [-0.15, -0.1) is 0 Å². The van der Waals surface area contributed by atoms with E-state index >= 15 is 0 Å². The van der Waals surface area contributed by atoms with E-state index < -0.39 is 6.04 Å². The fourth-order valence-corrected chi connectivity index (χ4v) is 2.53. The van der Waals surface area contributed by atoms with Crippen molar-refractivity contribution in [1.82, 2.24) is 5.32 Å². The molecule has 1 aliphatic heterocycles. The zero-order valence-corrected chi connectivity index (χ0v) is 12.7. The van der Waals surface area contributed by atoms with Gasteiger partial charge in [0, 0.05) is 10.2 Å². The van der Waals surface area contributed by atoms with E-state index in [2.05, 4.69) is 21.2 Å². The summed E-state index contributed by atoms with van der Waals surface area (Å²) < 4.78 is 0.941. The molecular formula is C14H17BrN2O2. The summed E-state index contributed by atoms with van der Waals surface area (Å²) in [6, 6.07) is 5.30. The number of hydrogen-bond donors (Lipinski definition) is 1. The third-order valence-corrected chi connectivity index (χ3v) is 4.10. The molecule has 4 nitrogen and oxygen atoms in total. The van der Waals surface area contributed by atoms with Crippen molar-refractivity contribution >= 4 is 33.4 Å². The largest absolute Gasteiger partial charge is 0.343 e. The lowest BCUT2D eigenvalue weighted by Gasteiger charge is -2.32. The summed E-state index contributed by atoms with van der Waals surface area (Å²) in [6.45, 7) is 4.08. The normalized spacial score (nSPS) is 19.5. The van der Waals surface area contributed by atoms with Gasteiger partial charge in [0.1, 0.15) is 12.6 Å². The number of carbonyl (C=O) groups is 2. The van der Waals surface area contributed by atoms with E-state index in [0.29, 0.717) is 6.42 Å². The van der Waals surface area contributed by atoms with Gasteiger partial charge in [0.15, 0.2) is 0 Å². The molecule has 5 heteroatoms. The van der Waals surface area contributed by atoms with Crippen molar-refractivity contribution in [3.63, 3.8) is 0 Å². The molecule has 2 rings (SSSR count). The Bertz CT molecular complexity index is 516. The molecule has 0 bridgehead atoms. The minimum atomic E-state index is -0.397. The summed E-state index contributed by atoms with van der Waals surface area (Å²) in [5.74, 6) is -0.132. The molecule has 1 saturated heterocycles. The molecular weight excluding hydrogens is 308 g/mol. The monoisotopic (exact) mass is 324 g/mol. The smallest absolute Gasteiger partial charge is 0.250 e. The average Bonchev–Trinajstić information content (AvgIpc) is 2.37. The van der Waals surface area contributed by atoms with E-state index in [1.54, 1.807) is 4.90 Å². The lowest BCUT2D eigenvalue weighted by Crippen LogP contribution is -2.58. The van der Waals surface area contributed by atoms with Crippen LogP contribution in [0.4, 0.5) is 5.69 Å². The number of benzene rings is 1. The second-order valence-corrected chi connectivity index (χ2v) is 5.62. The van der Waals surface area contributed by atoms with Crippen LogP contribution >= 0.6 is 15.9 Å². The van der Waals surface area contributed by atoms with Crippen LogP contribution in [-0.4, -0.2) is 24.4 Å². The van der Waals surface area contributed by atoms with Crippen LogP contribution in [0.3, 0.4) is 0 Å². The first-order valence-corrected chi connectivity index (χ1v) is 7.19. The topological polar surface area (TPSA) is 49.4 Å². The summed E-state index contributed by atoms with van der Waals surface area (Å²) in [5, 5.41) is 2.75. The molecule has 1 atom stereocenters. The Labute approximate surface area is 121 Å². The SMILES string of the molecule is CCCC1NC(=O)CN(c2ccc(C)c(Br)c2)C1=O. The summed E-state index contributed by atoms with van der Waals surface area (Å²) in [4.78, 5) is 25.6. The Morgan fingerprint density at radius 1 is 1.42 bits per heavy atom. The zero-order valence-electron chi connectivity index (χ0n) is 11.1. The number of nitrogens with one attached hydrogen (secondary N) is 1. The number of anilines is 1. The van der Waals surface area contributed by atoms with Crippen molar-refractivity contribution in [2.45, 2.75) is 32.7 Å². The van der Waals surface area contributed by atoms with Gasteiger partial charge in [-0.3, -0.25) is 9.59 Å². The predicted molar refractivity (Wildman–Crippen MR) is 78.1 cm³/mol. The summed E-state index contributed by atoms with van der Waals surface area (Å²) in [7, 11) is 0. The highest BCUT2D eigenvalue weighted by atomic mass is 79.9. The Morgan fingerprint density at radius 3 is 2.79 bits per heavy atom. The van der Waals surface area contributed by atoms with Crippen molar-refractivity contribution in [2.75, 3.05) is 11.4 Å². The fraction of sp³-hybridized carbons (Fsp3) is 0.429. The third-order valence-electron chi connectivity index (χ3n) is 3.25. The first-order chi connectivity index (χ1) is 9.02. The maximum atomic E-state index is 12.4. The second kappa shape index (κ2) is 5.74. The Kier molecular flexibility index (Phi) is 4.24. The standard InChI is InChI=1S/C14H17BrN2O2/c1-3-4-12-14(19)17(8-13(18)16-12)10-6-5-9(2)11(15)7-10/h5-7,12H,3-4,8H2,1-2H3,(H,16,18). The minimum Gasteiger partial charge on any atom is -0.343 e. The van der Waals surface area contributed by atoms with Crippen molar-refractivity contribution in [3.8, 4) is 0 Å². The molecule has 0 spiro atoms. The van der Waals surface area contributed by atoms with Crippen molar-refractivity contribution < 1.29 is 9.59 Å². The number of halogens is 1. The van der Waals surface area contributed by atoms with Crippen LogP contribution in [0, 0.1) is 6.92 Å². The lowest BCUT2D eigenvalue weighted by molar-refractivity contribution is -0.131. The number of rotatable bonds is 3. The lowest BCUT2D eigenvalue weighted by atomic mass is 10.1. The third kappa shape index (κ3) is 2.97. The molecule has 102 valence electrons. The van der Waals surface area contributed by atoms with Crippen LogP contribution in [0.2, 0.25) is 0 Å². The van der Waals surface area contributed by atoms with E-state index in [-0.39, 0.29) is 18.4 Å². The minimum absolute atomic E-state index is 0.0304. The summed E-state index contributed by atoms with van der Waals surface area (Å²) in [6.07, 6.45) is 1.54. The summed E-state index contributed by atoms with van der Waals surface area (Å²) >= 11 is 3.46. The zero-order chi connectivity index (χ0) is 14.0. The molecule has 0 aliphatic carbocycles. The van der Waals surface area contributed by atoms with Gasteiger partial charge in [-0.25, -0.2) is 0 Å². The molecule has 2 amide bonds. The van der Waals surface area contributed by atoms with Gasteiger partial charge in [-0.05, 0) is 31.0 Å². The van der Waals surface area contributed by atoms with Gasteiger partial charge < -0.3 is 10.2 Å². The molecule has 1 N–H and O–H groups in total. The molecule has 1 aliphatic rings. The van der Waals surface area contributed by atoms with Gasteiger partial charge in [-0.2, -0.15) is 0 Å². The maximum Gasteiger partial charge on any atom is 0.250 e.